The number of sulfone groups is 1. The van der Waals surface area contributed by atoms with Crippen molar-refractivity contribution in [1.82, 2.24) is 14.9 Å². The second-order valence-corrected chi connectivity index (χ2v) is 10.0. The SMILES string of the molecule is CC(C)(C)OC(=O)N1CCC(S(=O)(=O)c2cnc3cc([N+](=O)[O-])ccc3n2)CC1. The van der Waals surface area contributed by atoms with Gasteiger partial charge in [-0.3, -0.25) is 15.1 Å². The van der Waals surface area contributed by atoms with Crippen LogP contribution in [0.4, 0.5) is 10.5 Å². The summed E-state index contributed by atoms with van der Waals surface area (Å²) in [5.41, 5.74) is -0.242. The Morgan fingerprint density at radius 1 is 1.24 bits per heavy atom. The molecule has 1 aromatic carbocycles. The zero-order chi connectivity index (χ0) is 21.4. The van der Waals surface area contributed by atoms with E-state index >= 15 is 0 Å². The Labute approximate surface area is 168 Å². The van der Waals surface area contributed by atoms with Crippen LogP contribution in [-0.2, 0) is 14.6 Å². The van der Waals surface area contributed by atoms with E-state index in [1.807, 2.05) is 0 Å². The van der Waals surface area contributed by atoms with E-state index in [9.17, 15) is 23.3 Å². The van der Waals surface area contributed by atoms with Crippen LogP contribution < -0.4 is 0 Å². The number of nitro benzene ring substituents is 1. The maximum atomic E-state index is 13.0. The zero-order valence-electron chi connectivity index (χ0n) is 16.4. The zero-order valence-corrected chi connectivity index (χ0v) is 17.2. The van der Waals surface area contributed by atoms with Crippen molar-refractivity contribution >= 4 is 32.7 Å². The number of nitro groups is 1. The molecular weight excluding hydrogens is 400 g/mol. The number of amides is 1. The van der Waals surface area contributed by atoms with Gasteiger partial charge in [-0.1, -0.05) is 0 Å². The first-order valence-electron chi connectivity index (χ1n) is 9.10. The normalized spacial score (nSPS) is 16.0. The van der Waals surface area contributed by atoms with Gasteiger partial charge < -0.3 is 9.64 Å². The van der Waals surface area contributed by atoms with Crippen molar-refractivity contribution in [1.29, 1.82) is 0 Å². The Bertz CT molecular complexity index is 1060. The maximum absolute atomic E-state index is 13.0. The van der Waals surface area contributed by atoms with Crippen LogP contribution in [0.3, 0.4) is 0 Å². The third-order valence-electron chi connectivity index (χ3n) is 4.54. The summed E-state index contributed by atoms with van der Waals surface area (Å²) in [4.78, 5) is 32.1. The fourth-order valence-corrected chi connectivity index (χ4v) is 4.68. The van der Waals surface area contributed by atoms with Crippen LogP contribution in [0.1, 0.15) is 33.6 Å². The first kappa shape index (κ1) is 20.9. The molecule has 1 amide bonds. The Morgan fingerprint density at radius 2 is 1.90 bits per heavy atom. The highest BCUT2D eigenvalue weighted by Crippen LogP contribution is 2.26. The standard InChI is InChI=1S/C18H22N4O6S/c1-18(2,3)28-17(23)21-8-6-13(7-9-21)29(26,27)16-11-19-15-10-12(22(24)25)4-5-14(15)20-16/h4-5,10-11,13H,6-9H2,1-3H3. The van der Waals surface area contributed by atoms with Crippen molar-refractivity contribution in [3.63, 3.8) is 0 Å². The molecule has 0 radical (unpaired) electrons. The van der Waals surface area contributed by atoms with Crippen LogP contribution in [0.5, 0.6) is 0 Å². The molecule has 3 rings (SSSR count). The molecule has 29 heavy (non-hydrogen) atoms. The molecule has 1 aromatic heterocycles. The van der Waals surface area contributed by atoms with Crippen LogP contribution >= 0.6 is 0 Å². The van der Waals surface area contributed by atoms with Gasteiger partial charge in [-0.15, -0.1) is 0 Å². The molecule has 1 aliphatic heterocycles. The van der Waals surface area contributed by atoms with Gasteiger partial charge in [0.1, 0.15) is 5.60 Å². The molecule has 11 heteroatoms. The first-order valence-corrected chi connectivity index (χ1v) is 10.6. The Kier molecular flexibility index (Phi) is 5.44. The van der Waals surface area contributed by atoms with E-state index in [0.717, 1.165) is 6.20 Å². The number of likely N-dealkylation sites (tertiary alicyclic amines) is 1. The number of benzene rings is 1. The number of nitrogens with zero attached hydrogens (tertiary/aromatic N) is 4. The van der Waals surface area contributed by atoms with E-state index < -0.39 is 31.7 Å². The predicted octanol–water partition coefficient (Wildman–Crippen LogP) is 2.71. The molecule has 156 valence electrons. The van der Waals surface area contributed by atoms with Crippen molar-refractivity contribution in [2.75, 3.05) is 13.1 Å². The molecule has 0 spiro atoms. The van der Waals surface area contributed by atoms with E-state index in [1.165, 1.54) is 23.1 Å². The maximum Gasteiger partial charge on any atom is 0.410 e. The Hall–Kier alpha value is -2.82. The minimum Gasteiger partial charge on any atom is -0.444 e. The second kappa shape index (κ2) is 7.54. The number of hydrogen-bond acceptors (Lipinski definition) is 8. The molecule has 1 saturated heterocycles. The van der Waals surface area contributed by atoms with E-state index in [0.29, 0.717) is 0 Å². The molecule has 1 fully saturated rings. The van der Waals surface area contributed by atoms with Crippen molar-refractivity contribution < 1.29 is 22.9 Å². The van der Waals surface area contributed by atoms with E-state index in [-0.39, 0.29) is 47.7 Å². The van der Waals surface area contributed by atoms with Gasteiger partial charge in [-0.25, -0.2) is 18.2 Å². The average Bonchev–Trinajstić information content (AvgIpc) is 2.65. The van der Waals surface area contributed by atoms with Crippen LogP contribution in [0.15, 0.2) is 29.4 Å². The van der Waals surface area contributed by atoms with Gasteiger partial charge in [0.15, 0.2) is 14.9 Å². The molecule has 0 unspecified atom stereocenters. The molecule has 0 atom stereocenters. The number of carbonyl (C=O) groups excluding carboxylic acids is 1. The third-order valence-corrected chi connectivity index (χ3v) is 6.67. The van der Waals surface area contributed by atoms with Gasteiger partial charge in [0.2, 0.25) is 0 Å². The highest BCUT2D eigenvalue weighted by atomic mass is 32.2. The van der Waals surface area contributed by atoms with Crippen molar-refractivity contribution in [3.05, 3.63) is 34.5 Å². The minimum absolute atomic E-state index is 0.142. The predicted molar refractivity (Wildman–Crippen MR) is 104 cm³/mol. The van der Waals surface area contributed by atoms with Crippen LogP contribution in [0.2, 0.25) is 0 Å². The van der Waals surface area contributed by atoms with Gasteiger partial charge >= 0.3 is 6.09 Å². The van der Waals surface area contributed by atoms with Crippen molar-refractivity contribution in [2.24, 2.45) is 0 Å². The lowest BCUT2D eigenvalue weighted by Crippen LogP contribution is -2.44. The highest BCUT2D eigenvalue weighted by Gasteiger charge is 2.35. The molecular formula is C18H22N4O6S. The van der Waals surface area contributed by atoms with Crippen LogP contribution in [0.25, 0.3) is 11.0 Å². The quantitative estimate of drug-likeness (QED) is 0.545. The monoisotopic (exact) mass is 422 g/mol. The van der Waals surface area contributed by atoms with Crippen molar-refractivity contribution in [2.45, 2.75) is 49.5 Å². The number of aromatic nitrogens is 2. The summed E-state index contributed by atoms with van der Waals surface area (Å²) in [5, 5.41) is 9.99. The lowest BCUT2D eigenvalue weighted by atomic mass is 10.1. The summed E-state index contributed by atoms with van der Waals surface area (Å²) < 4.78 is 31.3. The molecule has 10 nitrogen and oxygen atoms in total. The largest absolute Gasteiger partial charge is 0.444 e. The molecule has 0 N–H and O–H groups in total. The smallest absolute Gasteiger partial charge is 0.410 e. The Morgan fingerprint density at radius 3 is 2.48 bits per heavy atom. The van der Waals surface area contributed by atoms with Gasteiger partial charge in [0.05, 0.1) is 27.4 Å². The second-order valence-electron chi connectivity index (χ2n) is 7.85. The van der Waals surface area contributed by atoms with Gasteiger partial charge in [0, 0.05) is 25.2 Å². The molecule has 1 aliphatic rings. The van der Waals surface area contributed by atoms with Gasteiger partial charge in [0.25, 0.3) is 5.69 Å². The fourth-order valence-electron chi connectivity index (χ4n) is 3.08. The lowest BCUT2D eigenvalue weighted by Gasteiger charge is -2.33. The first-order chi connectivity index (χ1) is 13.5. The summed E-state index contributed by atoms with van der Waals surface area (Å²) in [6.07, 6.45) is 1.20. The van der Waals surface area contributed by atoms with Gasteiger partial charge in [-0.2, -0.15) is 0 Å². The number of rotatable bonds is 3. The van der Waals surface area contributed by atoms with E-state index in [1.54, 1.807) is 20.8 Å². The molecule has 2 heterocycles. The number of hydrogen-bond donors (Lipinski definition) is 0. The van der Waals surface area contributed by atoms with E-state index in [4.69, 9.17) is 4.74 Å². The topological polar surface area (TPSA) is 133 Å². The van der Waals surface area contributed by atoms with Crippen LogP contribution in [0, 0.1) is 10.1 Å². The summed E-state index contributed by atoms with van der Waals surface area (Å²) in [6, 6.07) is 3.88. The Balaban J connectivity index is 1.75. The summed E-state index contributed by atoms with van der Waals surface area (Å²) in [7, 11) is -3.75. The fraction of sp³-hybridized carbons (Fsp3) is 0.500. The van der Waals surface area contributed by atoms with E-state index in [2.05, 4.69) is 9.97 Å². The minimum atomic E-state index is -3.75. The summed E-state index contributed by atoms with van der Waals surface area (Å²) in [6.45, 7) is 5.86. The number of non-ortho nitro benzene ring substituents is 1. The number of fused-ring (bicyclic) bond motifs is 1. The number of ether oxygens (including phenoxy) is 1. The van der Waals surface area contributed by atoms with Crippen LogP contribution in [-0.4, -0.2) is 58.2 Å². The molecule has 0 aliphatic carbocycles. The summed E-state index contributed by atoms with van der Waals surface area (Å²) in [5.74, 6) is 0. The lowest BCUT2D eigenvalue weighted by molar-refractivity contribution is -0.384. The average molecular weight is 422 g/mol. The number of piperidine rings is 1. The molecule has 0 bridgehead atoms. The van der Waals surface area contributed by atoms with Gasteiger partial charge in [-0.05, 0) is 39.7 Å². The number of carbonyl (C=O) groups is 1. The van der Waals surface area contributed by atoms with Crippen molar-refractivity contribution in [3.8, 4) is 0 Å². The third kappa shape index (κ3) is 4.61. The molecule has 0 saturated carbocycles. The molecule has 2 aromatic rings. The summed E-state index contributed by atoms with van der Waals surface area (Å²) >= 11 is 0. The highest BCUT2D eigenvalue weighted by molar-refractivity contribution is 7.92.